The molecule has 0 aliphatic heterocycles. The number of hydrogen-bond acceptors (Lipinski definition) is 1. The van der Waals surface area contributed by atoms with E-state index in [2.05, 4.69) is 11.8 Å². The molecule has 1 atom stereocenters. The molecule has 0 spiro atoms. The number of carboxylic acid groups (broad SMARTS) is 1. The number of halogens is 5. The summed E-state index contributed by atoms with van der Waals surface area (Å²) in [5.74, 6) is 2.05. The molecule has 3 aromatic carbocycles. The molecule has 0 heterocycles. The minimum Gasteiger partial charge on any atom is -0.481 e. The van der Waals surface area contributed by atoms with E-state index in [4.69, 9.17) is 0 Å². The van der Waals surface area contributed by atoms with E-state index in [0.717, 1.165) is 30.3 Å². The summed E-state index contributed by atoms with van der Waals surface area (Å²) in [5.41, 5.74) is 1.03. The van der Waals surface area contributed by atoms with Crippen LogP contribution in [0.5, 0.6) is 0 Å². The summed E-state index contributed by atoms with van der Waals surface area (Å²) in [6.45, 7) is 3.77. The van der Waals surface area contributed by atoms with Crippen molar-refractivity contribution >= 4 is 5.97 Å². The highest BCUT2D eigenvalue weighted by Gasteiger charge is 2.30. The Hall–Kier alpha value is -3.66. The molecule has 2 nitrogen and oxygen atoms in total. The molecule has 176 valence electrons. The molecule has 0 amide bonds. The highest BCUT2D eigenvalue weighted by atomic mass is 19.4. The minimum atomic E-state index is -4.48. The van der Waals surface area contributed by atoms with Gasteiger partial charge in [0.2, 0.25) is 0 Å². The molecular weight excluding hydrogens is 451 g/mol. The third-order valence-electron chi connectivity index (χ3n) is 5.12. The fourth-order valence-corrected chi connectivity index (χ4v) is 3.56. The van der Waals surface area contributed by atoms with Crippen LogP contribution in [0.2, 0.25) is 0 Å². The monoisotopic (exact) mass is 472 g/mol. The van der Waals surface area contributed by atoms with Crippen LogP contribution in [-0.4, -0.2) is 11.1 Å². The van der Waals surface area contributed by atoms with E-state index in [-0.39, 0.29) is 11.5 Å². The van der Waals surface area contributed by atoms with Crippen LogP contribution in [0.25, 0.3) is 11.1 Å². The van der Waals surface area contributed by atoms with Gasteiger partial charge in [-0.25, -0.2) is 8.78 Å². The third-order valence-corrected chi connectivity index (χ3v) is 5.12. The highest BCUT2D eigenvalue weighted by Crippen LogP contribution is 2.33. The Morgan fingerprint density at radius 3 is 1.91 bits per heavy atom. The van der Waals surface area contributed by atoms with Crippen LogP contribution >= 0.6 is 0 Å². The van der Waals surface area contributed by atoms with E-state index in [1.165, 1.54) is 12.1 Å². The number of alkyl halides is 3. The molecule has 0 radical (unpaired) electrons. The molecule has 0 fully saturated rings. The second-order valence-corrected chi connectivity index (χ2v) is 8.35. The molecule has 1 N–H and O–H groups in total. The maximum atomic E-state index is 13.5. The Morgan fingerprint density at radius 1 is 0.853 bits per heavy atom. The SMILES string of the molecule is CC(C)CC(C(=O)O)c1cc(C#Cc2cc(F)cc(F)c2)cc(-c2ccc(C(F)(F)F)cc2)c1. The summed E-state index contributed by atoms with van der Waals surface area (Å²) >= 11 is 0. The zero-order valence-corrected chi connectivity index (χ0v) is 18.4. The number of hydrogen-bond donors (Lipinski definition) is 1. The van der Waals surface area contributed by atoms with Gasteiger partial charge in [-0.1, -0.05) is 43.9 Å². The van der Waals surface area contributed by atoms with Crippen molar-refractivity contribution in [2.45, 2.75) is 32.4 Å². The number of benzene rings is 3. The number of carbonyl (C=O) groups is 1. The van der Waals surface area contributed by atoms with Crippen molar-refractivity contribution < 1.29 is 31.9 Å². The lowest BCUT2D eigenvalue weighted by Crippen LogP contribution is -2.14. The second kappa shape index (κ2) is 10.1. The Labute approximate surface area is 194 Å². The van der Waals surface area contributed by atoms with Crippen LogP contribution in [0.3, 0.4) is 0 Å². The van der Waals surface area contributed by atoms with Crippen LogP contribution in [0, 0.1) is 29.4 Å². The van der Waals surface area contributed by atoms with Crippen molar-refractivity contribution in [3.05, 3.63) is 94.6 Å². The first-order chi connectivity index (χ1) is 15.9. The van der Waals surface area contributed by atoms with E-state index in [0.29, 0.717) is 28.7 Å². The predicted octanol–water partition coefficient (Wildman–Crippen LogP) is 7.26. The fourth-order valence-electron chi connectivity index (χ4n) is 3.56. The average Bonchev–Trinajstić information content (AvgIpc) is 2.74. The maximum Gasteiger partial charge on any atom is 0.416 e. The minimum absolute atomic E-state index is 0.0700. The summed E-state index contributed by atoms with van der Waals surface area (Å²) in [7, 11) is 0. The van der Waals surface area contributed by atoms with Gasteiger partial charge in [0.25, 0.3) is 0 Å². The smallest absolute Gasteiger partial charge is 0.416 e. The van der Waals surface area contributed by atoms with Gasteiger partial charge in [-0.2, -0.15) is 13.2 Å². The Bertz CT molecular complexity index is 1230. The second-order valence-electron chi connectivity index (χ2n) is 8.35. The average molecular weight is 472 g/mol. The van der Waals surface area contributed by atoms with Crippen molar-refractivity contribution in [2.24, 2.45) is 5.92 Å². The first-order valence-electron chi connectivity index (χ1n) is 10.5. The molecule has 0 aromatic heterocycles. The van der Waals surface area contributed by atoms with Gasteiger partial charge in [-0.3, -0.25) is 4.79 Å². The van der Waals surface area contributed by atoms with E-state index in [9.17, 15) is 31.9 Å². The number of aliphatic carboxylic acids is 1. The van der Waals surface area contributed by atoms with Crippen LogP contribution < -0.4 is 0 Å². The van der Waals surface area contributed by atoms with Crippen LogP contribution in [0.1, 0.15) is 48.4 Å². The molecule has 1 unspecified atom stereocenters. The van der Waals surface area contributed by atoms with E-state index in [1.807, 2.05) is 13.8 Å². The summed E-state index contributed by atoms with van der Waals surface area (Å²) in [5, 5.41) is 9.78. The van der Waals surface area contributed by atoms with Gasteiger partial charge in [0.1, 0.15) is 11.6 Å². The van der Waals surface area contributed by atoms with Crippen LogP contribution in [0.15, 0.2) is 60.7 Å². The molecule has 0 aliphatic rings. The molecule has 7 heteroatoms. The highest BCUT2D eigenvalue weighted by molar-refractivity contribution is 5.78. The van der Waals surface area contributed by atoms with Crippen LogP contribution in [-0.2, 0) is 11.0 Å². The Morgan fingerprint density at radius 2 is 1.41 bits per heavy atom. The zero-order chi connectivity index (χ0) is 25.0. The molecule has 3 aromatic rings. The molecule has 0 aliphatic carbocycles. The molecule has 0 saturated heterocycles. The summed E-state index contributed by atoms with van der Waals surface area (Å²) in [4.78, 5) is 12.0. The lowest BCUT2D eigenvalue weighted by Gasteiger charge is -2.17. The molecular formula is C27H21F5O2. The van der Waals surface area contributed by atoms with E-state index < -0.39 is 35.3 Å². The Kier molecular flexibility index (Phi) is 7.41. The number of rotatable bonds is 5. The van der Waals surface area contributed by atoms with Crippen molar-refractivity contribution in [1.82, 2.24) is 0 Å². The quantitative estimate of drug-likeness (QED) is 0.313. The molecule has 0 bridgehead atoms. The van der Waals surface area contributed by atoms with Crippen molar-refractivity contribution in [3.8, 4) is 23.0 Å². The van der Waals surface area contributed by atoms with Gasteiger partial charge >= 0.3 is 12.1 Å². The lowest BCUT2D eigenvalue weighted by atomic mass is 9.87. The zero-order valence-electron chi connectivity index (χ0n) is 18.4. The molecule has 34 heavy (non-hydrogen) atoms. The standard InChI is InChI=1S/C27H21F5O2/c1-16(2)9-25(26(33)34)21-11-17(3-4-18-12-23(28)15-24(29)13-18)10-20(14-21)19-5-7-22(8-6-19)27(30,31)32/h5-8,10-16,25H,9H2,1-2H3,(H,33,34). The topological polar surface area (TPSA) is 37.3 Å². The lowest BCUT2D eigenvalue weighted by molar-refractivity contribution is -0.139. The van der Waals surface area contributed by atoms with Gasteiger partial charge in [0, 0.05) is 17.2 Å². The summed E-state index contributed by atoms with van der Waals surface area (Å²) in [6, 6.07) is 12.2. The van der Waals surface area contributed by atoms with Gasteiger partial charge in [-0.15, -0.1) is 0 Å². The van der Waals surface area contributed by atoms with E-state index in [1.54, 1.807) is 18.2 Å². The van der Waals surface area contributed by atoms with Crippen molar-refractivity contribution in [1.29, 1.82) is 0 Å². The largest absolute Gasteiger partial charge is 0.481 e. The molecule has 3 rings (SSSR count). The van der Waals surface area contributed by atoms with Gasteiger partial charge in [-0.05, 0) is 65.4 Å². The van der Waals surface area contributed by atoms with Gasteiger partial charge in [0.05, 0.1) is 11.5 Å². The predicted molar refractivity (Wildman–Crippen MR) is 119 cm³/mol. The normalized spacial score (nSPS) is 12.2. The first-order valence-corrected chi connectivity index (χ1v) is 10.5. The third kappa shape index (κ3) is 6.44. The van der Waals surface area contributed by atoms with Gasteiger partial charge < -0.3 is 5.11 Å². The van der Waals surface area contributed by atoms with Gasteiger partial charge in [0.15, 0.2) is 0 Å². The van der Waals surface area contributed by atoms with Crippen molar-refractivity contribution in [2.75, 3.05) is 0 Å². The summed E-state index contributed by atoms with van der Waals surface area (Å²) in [6.07, 6.45) is -4.14. The Balaban J connectivity index is 2.12. The summed E-state index contributed by atoms with van der Waals surface area (Å²) < 4.78 is 65.8. The van der Waals surface area contributed by atoms with E-state index >= 15 is 0 Å². The fraction of sp³-hybridized carbons (Fsp3) is 0.222. The van der Waals surface area contributed by atoms with Crippen molar-refractivity contribution in [3.63, 3.8) is 0 Å². The molecule has 0 saturated carbocycles. The number of carboxylic acids is 1. The first kappa shape index (κ1) is 25.0. The van der Waals surface area contributed by atoms with Crippen LogP contribution in [0.4, 0.5) is 22.0 Å². The maximum absolute atomic E-state index is 13.5.